The van der Waals surface area contributed by atoms with Crippen LogP contribution in [0.3, 0.4) is 0 Å². The minimum atomic E-state index is 0.0436. The largest absolute Gasteiger partial charge is 0.486 e. The molecule has 6 nitrogen and oxygen atoms in total. The molecular formula is C19H23N3O3. The summed E-state index contributed by atoms with van der Waals surface area (Å²) in [6.07, 6.45) is 1.98. The lowest BCUT2D eigenvalue weighted by molar-refractivity contribution is 0.0734. The molecule has 2 aliphatic rings. The molecule has 4 rings (SSSR count). The molecule has 1 fully saturated rings. The van der Waals surface area contributed by atoms with Gasteiger partial charge in [-0.25, -0.2) is 0 Å². The number of hydrogen-bond donors (Lipinski definition) is 0. The molecule has 1 aromatic carbocycles. The number of aromatic nitrogens is 2. The second-order valence-corrected chi connectivity index (χ2v) is 6.72. The number of benzene rings is 1. The summed E-state index contributed by atoms with van der Waals surface area (Å²) < 4.78 is 13.1. The maximum absolute atomic E-state index is 13.1. The highest BCUT2D eigenvalue weighted by Crippen LogP contribution is 2.37. The maximum atomic E-state index is 13.1. The van der Waals surface area contributed by atoms with Crippen molar-refractivity contribution in [2.45, 2.75) is 32.7 Å². The SMILES string of the molecule is Cc1nn(C)c(C)c1[C@H]1CCCN1C(=O)c1ccc2c(c1)OCCO2. The van der Waals surface area contributed by atoms with E-state index in [-0.39, 0.29) is 11.9 Å². The van der Waals surface area contributed by atoms with Gasteiger partial charge < -0.3 is 14.4 Å². The standard InChI is InChI=1S/C19H23N3O3/c1-12-18(13(2)21(3)20-12)15-5-4-8-22(15)19(23)14-6-7-16-17(11-14)25-10-9-24-16/h6-7,11,15H,4-5,8-10H2,1-3H3/t15-/m1/s1. The van der Waals surface area contributed by atoms with E-state index in [0.717, 1.165) is 30.8 Å². The smallest absolute Gasteiger partial charge is 0.254 e. The van der Waals surface area contributed by atoms with Gasteiger partial charge in [0.15, 0.2) is 11.5 Å². The highest BCUT2D eigenvalue weighted by Gasteiger charge is 2.34. The fourth-order valence-electron chi connectivity index (χ4n) is 3.92. The molecule has 0 aliphatic carbocycles. The third kappa shape index (κ3) is 2.65. The van der Waals surface area contributed by atoms with Crippen molar-refractivity contribution >= 4 is 5.91 Å². The first kappa shape index (κ1) is 16.0. The fraction of sp³-hybridized carbons (Fsp3) is 0.474. The van der Waals surface area contributed by atoms with Crippen LogP contribution in [0.2, 0.25) is 0 Å². The second-order valence-electron chi connectivity index (χ2n) is 6.72. The Hall–Kier alpha value is -2.50. The van der Waals surface area contributed by atoms with E-state index in [1.807, 2.05) is 35.7 Å². The van der Waals surface area contributed by atoms with Crippen molar-refractivity contribution in [1.29, 1.82) is 0 Å². The summed E-state index contributed by atoms with van der Waals surface area (Å²) in [4.78, 5) is 15.1. The highest BCUT2D eigenvalue weighted by molar-refractivity contribution is 5.95. The van der Waals surface area contributed by atoms with E-state index >= 15 is 0 Å². The fourth-order valence-corrected chi connectivity index (χ4v) is 3.92. The van der Waals surface area contributed by atoms with E-state index in [1.54, 1.807) is 6.07 Å². The van der Waals surface area contributed by atoms with Gasteiger partial charge >= 0.3 is 0 Å². The van der Waals surface area contributed by atoms with Gasteiger partial charge in [0.25, 0.3) is 5.91 Å². The molecule has 1 amide bonds. The van der Waals surface area contributed by atoms with Crippen molar-refractivity contribution in [3.8, 4) is 11.5 Å². The molecule has 132 valence electrons. The average Bonchev–Trinajstić information content (AvgIpc) is 3.18. The predicted octanol–water partition coefficient (Wildman–Crippen LogP) is 2.79. The molecule has 3 heterocycles. The summed E-state index contributed by atoms with van der Waals surface area (Å²) in [6, 6.07) is 5.55. The number of hydrogen-bond acceptors (Lipinski definition) is 4. The van der Waals surface area contributed by atoms with Crippen molar-refractivity contribution in [3.63, 3.8) is 0 Å². The number of ether oxygens (including phenoxy) is 2. The number of rotatable bonds is 2. The number of carbonyl (C=O) groups is 1. The number of nitrogens with zero attached hydrogens (tertiary/aromatic N) is 3. The molecule has 1 atom stereocenters. The van der Waals surface area contributed by atoms with Crippen molar-refractivity contribution in [2.75, 3.05) is 19.8 Å². The Morgan fingerprint density at radius 2 is 1.96 bits per heavy atom. The first-order valence-corrected chi connectivity index (χ1v) is 8.77. The van der Waals surface area contributed by atoms with Gasteiger partial charge in [0.05, 0.1) is 11.7 Å². The summed E-state index contributed by atoms with van der Waals surface area (Å²) in [5.41, 5.74) is 3.97. The number of likely N-dealkylation sites (tertiary alicyclic amines) is 1. The van der Waals surface area contributed by atoms with Crippen LogP contribution in [0.15, 0.2) is 18.2 Å². The predicted molar refractivity (Wildman–Crippen MR) is 93.1 cm³/mol. The van der Waals surface area contributed by atoms with Crippen LogP contribution in [0, 0.1) is 13.8 Å². The molecular weight excluding hydrogens is 318 g/mol. The Labute approximate surface area is 147 Å². The lowest BCUT2D eigenvalue weighted by Crippen LogP contribution is -2.31. The third-order valence-corrected chi connectivity index (χ3v) is 5.20. The van der Waals surface area contributed by atoms with E-state index in [1.165, 1.54) is 5.56 Å². The van der Waals surface area contributed by atoms with Gasteiger partial charge in [-0.15, -0.1) is 0 Å². The van der Waals surface area contributed by atoms with Crippen LogP contribution < -0.4 is 9.47 Å². The summed E-state index contributed by atoms with van der Waals surface area (Å²) >= 11 is 0. The number of carbonyl (C=O) groups excluding carboxylic acids is 1. The maximum Gasteiger partial charge on any atom is 0.254 e. The summed E-state index contributed by atoms with van der Waals surface area (Å²) in [5, 5.41) is 4.52. The molecule has 0 bridgehead atoms. The molecule has 1 saturated heterocycles. The number of amides is 1. The van der Waals surface area contributed by atoms with Gasteiger partial charge in [-0.2, -0.15) is 5.10 Å². The molecule has 0 spiro atoms. The zero-order valence-electron chi connectivity index (χ0n) is 14.9. The van der Waals surface area contributed by atoms with Crippen molar-refractivity contribution in [2.24, 2.45) is 7.05 Å². The first-order valence-electron chi connectivity index (χ1n) is 8.77. The van der Waals surface area contributed by atoms with E-state index in [9.17, 15) is 4.79 Å². The molecule has 2 aromatic rings. The van der Waals surface area contributed by atoms with E-state index in [0.29, 0.717) is 30.3 Å². The van der Waals surface area contributed by atoms with Crippen LogP contribution in [-0.2, 0) is 7.05 Å². The Morgan fingerprint density at radius 3 is 2.68 bits per heavy atom. The van der Waals surface area contributed by atoms with Crippen LogP contribution in [0.5, 0.6) is 11.5 Å². The monoisotopic (exact) mass is 341 g/mol. The minimum absolute atomic E-state index is 0.0436. The lowest BCUT2D eigenvalue weighted by atomic mass is 10.0. The summed E-state index contributed by atoms with van der Waals surface area (Å²) in [5.74, 6) is 1.41. The van der Waals surface area contributed by atoms with Gasteiger partial charge in [-0.05, 0) is 44.9 Å². The highest BCUT2D eigenvalue weighted by atomic mass is 16.6. The molecule has 0 N–H and O–H groups in total. The quantitative estimate of drug-likeness (QED) is 0.843. The molecule has 6 heteroatoms. The van der Waals surface area contributed by atoms with Crippen LogP contribution >= 0.6 is 0 Å². The zero-order chi connectivity index (χ0) is 17.6. The summed E-state index contributed by atoms with van der Waals surface area (Å²) in [6.45, 7) is 5.93. The average molecular weight is 341 g/mol. The lowest BCUT2D eigenvalue weighted by Gasteiger charge is -2.26. The topological polar surface area (TPSA) is 56.6 Å². The first-order chi connectivity index (χ1) is 12.1. The van der Waals surface area contributed by atoms with Gasteiger partial charge in [0, 0.05) is 30.4 Å². The normalized spacial score (nSPS) is 19.3. The van der Waals surface area contributed by atoms with E-state index in [4.69, 9.17) is 9.47 Å². The molecule has 0 saturated carbocycles. The van der Waals surface area contributed by atoms with Crippen molar-refractivity contribution in [3.05, 3.63) is 40.7 Å². The Bertz CT molecular complexity index is 828. The zero-order valence-corrected chi connectivity index (χ0v) is 14.9. The molecule has 0 radical (unpaired) electrons. The van der Waals surface area contributed by atoms with Crippen LogP contribution in [-0.4, -0.2) is 40.3 Å². The molecule has 1 aromatic heterocycles. The summed E-state index contributed by atoms with van der Waals surface area (Å²) in [7, 11) is 1.95. The second kappa shape index (κ2) is 6.10. The molecule has 25 heavy (non-hydrogen) atoms. The van der Waals surface area contributed by atoms with Gasteiger partial charge in [-0.1, -0.05) is 0 Å². The number of aryl methyl sites for hydroxylation is 2. The molecule has 0 unspecified atom stereocenters. The Kier molecular flexibility index (Phi) is 3.90. The van der Waals surface area contributed by atoms with Crippen molar-refractivity contribution < 1.29 is 14.3 Å². The third-order valence-electron chi connectivity index (χ3n) is 5.20. The Morgan fingerprint density at radius 1 is 1.20 bits per heavy atom. The van der Waals surface area contributed by atoms with E-state index < -0.39 is 0 Å². The minimum Gasteiger partial charge on any atom is -0.486 e. The van der Waals surface area contributed by atoms with Gasteiger partial charge in [0.1, 0.15) is 13.2 Å². The van der Waals surface area contributed by atoms with Crippen molar-refractivity contribution in [1.82, 2.24) is 14.7 Å². The Balaban J connectivity index is 1.65. The van der Waals surface area contributed by atoms with Gasteiger partial charge in [0.2, 0.25) is 0 Å². The van der Waals surface area contributed by atoms with Crippen LogP contribution in [0.4, 0.5) is 0 Å². The van der Waals surface area contributed by atoms with Gasteiger partial charge in [-0.3, -0.25) is 9.48 Å². The molecule has 2 aliphatic heterocycles. The van der Waals surface area contributed by atoms with E-state index in [2.05, 4.69) is 12.0 Å². The van der Waals surface area contributed by atoms with Crippen LogP contribution in [0.1, 0.15) is 46.2 Å². The number of fused-ring (bicyclic) bond motifs is 1. The van der Waals surface area contributed by atoms with Crippen LogP contribution in [0.25, 0.3) is 0 Å².